The molecule has 0 bridgehead atoms. The first-order chi connectivity index (χ1) is 13.0. The highest BCUT2D eigenvalue weighted by atomic mass is 79.9. The van der Waals surface area contributed by atoms with Crippen molar-refractivity contribution in [2.24, 2.45) is 5.10 Å². The van der Waals surface area contributed by atoms with Gasteiger partial charge in [-0.25, -0.2) is 10.4 Å². The number of hydrogen-bond acceptors (Lipinski definition) is 7. The largest absolute Gasteiger partial charge is 0.492 e. The van der Waals surface area contributed by atoms with Crippen molar-refractivity contribution in [1.29, 1.82) is 0 Å². The Hall–Kier alpha value is -2.65. The molecule has 140 valence electrons. The van der Waals surface area contributed by atoms with E-state index in [1.165, 1.54) is 17.6 Å². The van der Waals surface area contributed by atoms with Gasteiger partial charge in [0.15, 0.2) is 16.6 Å². The third kappa shape index (κ3) is 4.37. The summed E-state index contributed by atoms with van der Waals surface area (Å²) in [5.74, 6) is 0.878. The standard InChI is InChI=1S/C18H17BrN4O3S/c1-3-26-14-7-10(6-12(19)16(14)25-2)9-21-23-17(24)11-4-5-13-15(8-11)27-18(20)22-13/h4-9H,3H2,1-2H3,(H2,20,22)(H,23,24)/b21-9-. The Morgan fingerprint density at radius 3 is 2.96 bits per heavy atom. The van der Waals surface area contributed by atoms with Crippen LogP contribution in [-0.4, -0.2) is 30.8 Å². The number of aromatic nitrogens is 1. The molecule has 0 spiro atoms. The van der Waals surface area contributed by atoms with E-state index >= 15 is 0 Å². The number of thiazole rings is 1. The van der Waals surface area contributed by atoms with E-state index in [-0.39, 0.29) is 5.91 Å². The van der Waals surface area contributed by atoms with Crippen LogP contribution in [-0.2, 0) is 0 Å². The number of amides is 1. The third-order valence-corrected chi connectivity index (χ3v) is 5.02. The second-order valence-corrected chi connectivity index (χ2v) is 7.32. The molecule has 0 atom stereocenters. The molecule has 2 aromatic carbocycles. The summed E-state index contributed by atoms with van der Waals surface area (Å²) in [6.07, 6.45) is 1.54. The van der Waals surface area contributed by atoms with E-state index in [9.17, 15) is 4.79 Å². The van der Waals surface area contributed by atoms with E-state index in [1.807, 2.05) is 13.0 Å². The number of nitrogens with zero attached hydrogens (tertiary/aromatic N) is 2. The zero-order valence-corrected chi connectivity index (χ0v) is 17.1. The van der Waals surface area contributed by atoms with Crippen LogP contribution in [0.15, 0.2) is 39.9 Å². The topological polar surface area (TPSA) is 98.8 Å². The number of fused-ring (bicyclic) bond motifs is 1. The van der Waals surface area contributed by atoms with Gasteiger partial charge in [-0.2, -0.15) is 5.10 Å². The lowest BCUT2D eigenvalue weighted by molar-refractivity contribution is 0.0955. The lowest BCUT2D eigenvalue weighted by Crippen LogP contribution is -2.17. The van der Waals surface area contributed by atoms with Gasteiger partial charge in [0.25, 0.3) is 5.91 Å². The van der Waals surface area contributed by atoms with E-state index in [1.54, 1.807) is 31.4 Å². The molecule has 0 radical (unpaired) electrons. The molecule has 0 aliphatic carbocycles. The molecule has 1 aromatic heterocycles. The van der Waals surface area contributed by atoms with Gasteiger partial charge < -0.3 is 15.2 Å². The number of benzene rings is 2. The Morgan fingerprint density at radius 1 is 1.41 bits per heavy atom. The minimum atomic E-state index is -0.322. The molecule has 0 saturated heterocycles. The number of hydrazone groups is 1. The van der Waals surface area contributed by atoms with Gasteiger partial charge in [-0.15, -0.1) is 0 Å². The first-order valence-electron chi connectivity index (χ1n) is 8.01. The van der Waals surface area contributed by atoms with Crippen molar-refractivity contribution >= 4 is 54.7 Å². The second kappa shape index (κ2) is 8.36. The van der Waals surface area contributed by atoms with Crippen LogP contribution in [0, 0.1) is 0 Å². The molecule has 3 rings (SSSR count). The number of carbonyl (C=O) groups is 1. The Morgan fingerprint density at radius 2 is 2.22 bits per heavy atom. The molecule has 1 amide bonds. The lowest BCUT2D eigenvalue weighted by atomic mass is 10.2. The molecule has 0 fully saturated rings. The Kier molecular flexibility index (Phi) is 5.92. The predicted octanol–water partition coefficient (Wildman–Crippen LogP) is 3.81. The maximum absolute atomic E-state index is 12.3. The van der Waals surface area contributed by atoms with Gasteiger partial charge in [-0.05, 0) is 58.7 Å². The highest BCUT2D eigenvalue weighted by Gasteiger charge is 2.11. The maximum Gasteiger partial charge on any atom is 0.271 e. The number of carbonyl (C=O) groups excluding carboxylic acids is 1. The number of nitrogen functional groups attached to an aromatic ring is 1. The number of ether oxygens (including phenoxy) is 2. The van der Waals surface area contributed by atoms with Crippen LogP contribution in [0.3, 0.4) is 0 Å². The summed E-state index contributed by atoms with van der Waals surface area (Å²) in [6, 6.07) is 8.79. The fourth-order valence-corrected chi connectivity index (χ4v) is 3.83. The summed E-state index contributed by atoms with van der Waals surface area (Å²) in [7, 11) is 1.57. The highest BCUT2D eigenvalue weighted by Crippen LogP contribution is 2.36. The fourth-order valence-electron chi connectivity index (χ4n) is 2.44. The van der Waals surface area contributed by atoms with Crippen molar-refractivity contribution < 1.29 is 14.3 Å². The molecule has 0 aliphatic heterocycles. The van der Waals surface area contributed by atoms with Crippen LogP contribution in [0.2, 0.25) is 0 Å². The van der Waals surface area contributed by atoms with Crippen LogP contribution in [0.25, 0.3) is 10.2 Å². The van der Waals surface area contributed by atoms with E-state index in [0.29, 0.717) is 28.8 Å². The van der Waals surface area contributed by atoms with Gasteiger partial charge in [0.2, 0.25) is 0 Å². The Bertz CT molecular complexity index is 1020. The SMILES string of the molecule is CCOc1cc(/C=N\NC(=O)c2ccc3nc(N)sc3c2)cc(Br)c1OC. The van der Waals surface area contributed by atoms with Crippen LogP contribution in [0.1, 0.15) is 22.8 Å². The highest BCUT2D eigenvalue weighted by molar-refractivity contribution is 9.10. The molecular weight excluding hydrogens is 432 g/mol. The van der Waals surface area contributed by atoms with E-state index in [0.717, 1.165) is 20.3 Å². The lowest BCUT2D eigenvalue weighted by Gasteiger charge is -2.11. The zero-order valence-electron chi connectivity index (χ0n) is 14.7. The van der Waals surface area contributed by atoms with Gasteiger partial charge in [-0.1, -0.05) is 11.3 Å². The molecule has 0 aliphatic rings. The Labute approximate surface area is 168 Å². The number of nitrogens with two attached hydrogens (primary N) is 1. The molecule has 3 aromatic rings. The van der Waals surface area contributed by atoms with Crippen LogP contribution >= 0.6 is 27.3 Å². The molecular formula is C18H17BrN4O3S. The monoisotopic (exact) mass is 448 g/mol. The predicted molar refractivity (Wildman–Crippen MR) is 111 cm³/mol. The van der Waals surface area contributed by atoms with Crippen molar-refractivity contribution in [2.75, 3.05) is 19.5 Å². The second-order valence-electron chi connectivity index (χ2n) is 5.40. The Balaban J connectivity index is 1.74. The molecule has 27 heavy (non-hydrogen) atoms. The van der Waals surface area contributed by atoms with Gasteiger partial charge in [0.05, 0.1) is 34.6 Å². The first kappa shape index (κ1) is 19.1. The normalized spacial score (nSPS) is 11.1. The number of anilines is 1. The summed E-state index contributed by atoms with van der Waals surface area (Å²) in [5.41, 5.74) is 10.2. The van der Waals surface area contributed by atoms with E-state index in [2.05, 4.69) is 31.4 Å². The minimum absolute atomic E-state index is 0.322. The van der Waals surface area contributed by atoms with Crippen LogP contribution in [0.4, 0.5) is 5.13 Å². The summed E-state index contributed by atoms with van der Waals surface area (Å²) in [4.78, 5) is 16.5. The quantitative estimate of drug-likeness (QED) is 0.441. The molecule has 9 heteroatoms. The number of nitrogens with one attached hydrogen (secondary N) is 1. The minimum Gasteiger partial charge on any atom is -0.492 e. The van der Waals surface area contributed by atoms with Gasteiger partial charge in [-0.3, -0.25) is 4.79 Å². The summed E-state index contributed by atoms with van der Waals surface area (Å²) in [6.45, 7) is 2.40. The van der Waals surface area contributed by atoms with Gasteiger partial charge in [0, 0.05) is 5.56 Å². The molecule has 0 saturated carbocycles. The molecule has 1 heterocycles. The number of rotatable bonds is 6. The molecule has 3 N–H and O–H groups in total. The average molecular weight is 449 g/mol. The zero-order chi connectivity index (χ0) is 19.4. The van der Waals surface area contributed by atoms with Gasteiger partial charge >= 0.3 is 0 Å². The van der Waals surface area contributed by atoms with E-state index < -0.39 is 0 Å². The van der Waals surface area contributed by atoms with Crippen molar-refractivity contribution in [1.82, 2.24) is 10.4 Å². The maximum atomic E-state index is 12.3. The number of methoxy groups -OCH3 is 1. The van der Waals surface area contributed by atoms with Crippen molar-refractivity contribution in [2.45, 2.75) is 6.92 Å². The van der Waals surface area contributed by atoms with Crippen molar-refractivity contribution in [3.8, 4) is 11.5 Å². The molecule has 7 nitrogen and oxygen atoms in total. The number of halogens is 1. The summed E-state index contributed by atoms with van der Waals surface area (Å²) in [5, 5.41) is 4.49. The van der Waals surface area contributed by atoms with Crippen molar-refractivity contribution in [3.63, 3.8) is 0 Å². The van der Waals surface area contributed by atoms with Crippen LogP contribution < -0.4 is 20.6 Å². The van der Waals surface area contributed by atoms with Crippen molar-refractivity contribution in [3.05, 3.63) is 45.9 Å². The fraction of sp³-hybridized carbons (Fsp3) is 0.167. The first-order valence-corrected chi connectivity index (χ1v) is 9.62. The smallest absolute Gasteiger partial charge is 0.271 e. The average Bonchev–Trinajstić information content (AvgIpc) is 3.01. The van der Waals surface area contributed by atoms with E-state index in [4.69, 9.17) is 15.2 Å². The summed E-state index contributed by atoms with van der Waals surface area (Å²) < 4.78 is 12.5. The number of hydrogen-bond donors (Lipinski definition) is 2. The van der Waals surface area contributed by atoms with Gasteiger partial charge in [0.1, 0.15) is 0 Å². The van der Waals surface area contributed by atoms with Crippen LogP contribution in [0.5, 0.6) is 11.5 Å². The third-order valence-electron chi connectivity index (χ3n) is 3.58. The molecule has 0 unspecified atom stereocenters. The summed E-state index contributed by atoms with van der Waals surface area (Å²) >= 11 is 4.77.